The van der Waals surface area contributed by atoms with Crippen LogP contribution in [0.5, 0.6) is 5.75 Å². The fourth-order valence-electron chi connectivity index (χ4n) is 5.12. The average Bonchev–Trinajstić information content (AvgIpc) is 3.29. The number of amides is 2. The summed E-state index contributed by atoms with van der Waals surface area (Å²) in [5.41, 5.74) is 3.75. The van der Waals surface area contributed by atoms with E-state index in [0.717, 1.165) is 33.2 Å². The van der Waals surface area contributed by atoms with Gasteiger partial charge in [0, 0.05) is 37.6 Å². The summed E-state index contributed by atoms with van der Waals surface area (Å²) >= 11 is 0. The molecule has 0 aliphatic carbocycles. The molecule has 1 fully saturated rings. The van der Waals surface area contributed by atoms with Crippen LogP contribution in [0.15, 0.2) is 30.6 Å². The molecule has 1 aromatic carbocycles. The fraction of sp³-hybridized carbons (Fsp3) is 0.423. The van der Waals surface area contributed by atoms with Crippen molar-refractivity contribution in [2.75, 3.05) is 33.4 Å². The summed E-state index contributed by atoms with van der Waals surface area (Å²) in [6.45, 7) is 4.54. The molecule has 2 amide bonds. The quantitative estimate of drug-likeness (QED) is 0.509. The van der Waals surface area contributed by atoms with E-state index in [0.29, 0.717) is 37.5 Å². The average molecular weight is 495 g/mol. The lowest BCUT2D eigenvalue weighted by Gasteiger charge is -2.39. The van der Waals surface area contributed by atoms with Gasteiger partial charge in [-0.1, -0.05) is 6.07 Å². The van der Waals surface area contributed by atoms with Crippen molar-refractivity contribution >= 4 is 23.0 Å². The third kappa shape index (κ3) is 4.27. The largest absolute Gasteiger partial charge is 0.494 e. The molecule has 2 aliphatic rings. The summed E-state index contributed by atoms with van der Waals surface area (Å²) in [4.78, 5) is 35.6. The van der Waals surface area contributed by atoms with Gasteiger partial charge in [-0.05, 0) is 54.7 Å². The molecule has 0 saturated carbocycles. The molecule has 1 atom stereocenters. The van der Waals surface area contributed by atoms with Gasteiger partial charge in [0.25, 0.3) is 5.91 Å². The molecule has 10 nitrogen and oxygen atoms in total. The lowest BCUT2D eigenvalue weighted by atomic mass is 9.86. The molecular weight excluding hydrogens is 464 g/mol. The first-order chi connectivity index (χ1) is 17.2. The minimum atomic E-state index is -1.49. The van der Waals surface area contributed by atoms with Gasteiger partial charge in [0.15, 0.2) is 0 Å². The summed E-state index contributed by atoms with van der Waals surface area (Å²) in [7, 11) is 1.61. The number of methoxy groups -OCH3 is 1. The topological polar surface area (TPSA) is 128 Å². The first-order valence-corrected chi connectivity index (χ1v) is 11.9. The number of hydrogen-bond acceptors (Lipinski definition) is 6. The van der Waals surface area contributed by atoms with Gasteiger partial charge >= 0.3 is 6.09 Å². The number of benzene rings is 1. The van der Waals surface area contributed by atoms with Crippen LogP contribution in [0.25, 0.3) is 22.2 Å². The Morgan fingerprint density at radius 3 is 2.75 bits per heavy atom. The predicted molar refractivity (Wildman–Crippen MR) is 132 cm³/mol. The van der Waals surface area contributed by atoms with Crippen molar-refractivity contribution in [3.8, 4) is 16.9 Å². The van der Waals surface area contributed by atoms with Crippen LogP contribution in [0.1, 0.15) is 36.6 Å². The predicted octanol–water partition coefficient (Wildman–Crippen LogP) is 2.95. The summed E-state index contributed by atoms with van der Waals surface area (Å²) < 4.78 is 11.2. The Hall–Kier alpha value is -3.63. The number of hydrogen-bond donors (Lipinski definition) is 3. The number of aliphatic hydroxyl groups is 1. The van der Waals surface area contributed by atoms with Gasteiger partial charge in [-0.25, -0.2) is 9.78 Å². The molecule has 0 spiro atoms. The molecule has 10 heteroatoms. The number of morpholine rings is 1. The first kappa shape index (κ1) is 24.1. The molecule has 4 heterocycles. The van der Waals surface area contributed by atoms with Crippen molar-refractivity contribution in [2.45, 2.75) is 38.5 Å². The van der Waals surface area contributed by atoms with Crippen molar-refractivity contribution < 1.29 is 29.3 Å². The zero-order valence-corrected chi connectivity index (χ0v) is 20.6. The zero-order valence-electron chi connectivity index (χ0n) is 20.6. The Morgan fingerprint density at radius 1 is 1.22 bits per heavy atom. The monoisotopic (exact) mass is 494 g/mol. The molecule has 190 valence electrons. The van der Waals surface area contributed by atoms with Gasteiger partial charge in [-0.15, -0.1) is 0 Å². The maximum atomic E-state index is 12.9. The van der Waals surface area contributed by atoms with E-state index in [-0.39, 0.29) is 19.1 Å². The Bertz CT molecular complexity index is 1330. The number of ether oxygens (including phenoxy) is 2. The summed E-state index contributed by atoms with van der Waals surface area (Å²) in [6, 6.07) is 5.55. The molecule has 0 radical (unpaired) electrons. The second kappa shape index (κ2) is 9.11. The number of H-pyrrole nitrogens is 1. The van der Waals surface area contributed by atoms with Gasteiger partial charge in [-0.2, -0.15) is 0 Å². The second-order valence-electron chi connectivity index (χ2n) is 9.78. The minimum absolute atomic E-state index is 0.227. The lowest BCUT2D eigenvalue weighted by Crippen LogP contribution is -2.48. The Labute approximate surface area is 208 Å². The Balaban J connectivity index is 1.63. The van der Waals surface area contributed by atoms with E-state index in [1.54, 1.807) is 24.4 Å². The number of carbonyl (C=O) groups excluding carboxylic acids is 1. The van der Waals surface area contributed by atoms with Crippen molar-refractivity contribution in [1.82, 2.24) is 19.8 Å². The van der Waals surface area contributed by atoms with E-state index < -0.39 is 17.7 Å². The SMILES string of the molecule is COc1c[nH]c2ncc(-c3cc4c(c([C@@H]5COCCN5C(=O)O)c3)CN(C(=O)C(C)(C)O)CC4)cc12. The molecule has 0 bridgehead atoms. The van der Waals surface area contributed by atoms with Crippen LogP contribution in [-0.2, 0) is 22.5 Å². The van der Waals surface area contributed by atoms with Crippen LogP contribution in [0, 0.1) is 0 Å². The third-order valence-electron chi connectivity index (χ3n) is 6.97. The van der Waals surface area contributed by atoms with Crippen molar-refractivity contribution in [1.29, 1.82) is 0 Å². The van der Waals surface area contributed by atoms with E-state index in [1.165, 1.54) is 18.7 Å². The molecule has 3 N–H and O–H groups in total. The van der Waals surface area contributed by atoms with Crippen molar-refractivity contribution in [3.63, 3.8) is 0 Å². The van der Waals surface area contributed by atoms with E-state index in [4.69, 9.17) is 9.47 Å². The highest BCUT2D eigenvalue weighted by Crippen LogP contribution is 2.37. The molecule has 5 rings (SSSR count). The standard InChI is InChI=1S/C26H30N4O6/c1-26(2,34)24(31)29-5-4-15-8-16(17-10-19-22(35-3)12-28-23(19)27-11-17)9-18(20(15)13-29)21-14-36-7-6-30(21)25(32)33/h8-12,21,34H,4-7,13-14H2,1-3H3,(H,27,28)(H,32,33)/t21-/m0/s1. The molecule has 1 saturated heterocycles. The van der Waals surface area contributed by atoms with E-state index >= 15 is 0 Å². The number of fused-ring (bicyclic) bond motifs is 2. The number of aromatic nitrogens is 2. The van der Waals surface area contributed by atoms with Crippen LogP contribution >= 0.6 is 0 Å². The summed E-state index contributed by atoms with van der Waals surface area (Å²) in [5.74, 6) is 0.336. The number of aromatic amines is 1. The van der Waals surface area contributed by atoms with Crippen LogP contribution in [0.3, 0.4) is 0 Å². The number of nitrogens with zero attached hydrogens (tertiary/aromatic N) is 3. The molecular formula is C26H30N4O6. The molecule has 2 aromatic heterocycles. The number of rotatable bonds is 4. The smallest absolute Gasteiger partial charge is 0.407 e. The Kier molecular flexibility index (Phi) is 6.09. The van der Waals surface area contributed by atoms with Gasteiger partial charge < -0.3 is 29.6 Å². The van der Waals surface area contributed by atoms with Crippen LogP contribution < -0.4 is 4.74 Å². The Morgan fingerprint density at radius 2 is 2.03 bits per heavy atom. The lowest BCUT2D eigenvalue weighted by molar-refractivity contribution is -0.148. The maximum Gasteiger partial charge on any atom is 0.407 e. The number of pyridine rings is 1. The van der Waals surface area contributed by atoms with Gasteiger partial charge in [0.1, 0.15) is 17.0 Å². The summed E-state index contributed by atoms with van der Waals surface area (Å²) in [5, 5.41) is 21.1. The molecule has 0 unspecified atom stereocenters. The molecule has 2 aliphatic heterocycles. The van der Waals surface area contributed by atoms with E-state index in [2.05, 4.69) is 16.0 Å². The van der Waals surface area contributed by atoms with Crippen molar-refractivity contribution in [3.05, 3.63) is 47.3 Å². The number of nitrogens with one attached hydrogen (secondary N) is 1. The van der Waals surface area contributed by atoms with Crippen LogP contribution in [0.2, 0.25) is 0 Å². The second-order valence-corrected chi connectivity index (χ2v) is 9.78. The normalized spacial score (nSPS) is 18.3. The van der Waals surface area contributed by atoms with Gasteiger partial charge in [0.2, 0.25) is 0 Å². The molecule has 3 aromatic rings. The minimum Gasteiger partial charge on any atom is -0.494 e. The van der Waals surface area contributed by atoms with Gasteiger partial charge in [0.05, 0.1) is 31.8 Å². The third-order valence-corrected chi connectivity index (χ3v) is 6.97. The fourth-order valence-corrected chi connectivity index (χ4v) is 5.12. The number of carbonyl (C=O) groups is 2. The zero-order chi connectivity index (χ0) is 25.6. The number of carboxylic acid groups (broad SMARTS) is 1. The van der Waals surface area contributed by atoms with E-state index in [1.807, 2.05) is 12.1 Å². The van der Waals surface area contributed by atoms with Gasteiger partial charge in [-0.3, -0.25) is 9.69 Å². The van der Waals surface area contributed by atoms with Crippen LogP contribution in [-0.4, -0.2) is 81.0 Å². The summed E-state index contributed by atoms with van der Waals surface area (Å²) in [6.07, 6.45) is 3.12. The first-order valence-electron chi connectivity index (χ1n) is 11.9. The molecule has 36 heavy (non-hydrogen) atoms. The highest BCUT2D eigenvalue weighted by Gasteiger charge is 2.36. The highest BCUT2D eigenvalue weighted by molar-refractivity contribution is 5.87. The maximum absolute atomic E-state index is 12.9. The van der Waals surface area contributed by atoms with Crippen molar-refractivity contribution in [2.24, 2.45) is 0 Å². The highest BCUT2D eigenvalue weighted by atomic mass is 16.5. The van der Waals surface area contributed by atoms with Crippen LogP contribution in [0.4, 0.5) is 4.79 Å². The van der Waals surface area contributed by atoms with E-state index in [9.17, 15) is 19.8 Å².